The van der Waals surface area contributed by atoms with Crippen molar-refractivity contribution < 1.29 is 0 Å². The van der Waals surface area contributed by atoms with Gasteiger partial charge in [0.05, 0.1) is 0 Å². The van der Waals surface area contributed by atoms with E-state index in [0.29, 0.717) is 5.41 Å². The summed E-state index contributed by atoms with van der Waals surface area (Å²) in [5, 5.41) is 0. The molecule has 10 unspecified atom stereocenters. The lowest BCUT2D eigenvalue weighted by Gasteiger charge is -2.32. The molecule has 0 aromatic rings. The Bertz CT molecular complexity index is 467. The average Bonchev–Trinajstić information content (AvgIpc) is 3.21. The standard InChI is InChI=1S/C25H44.C5H12.2C2H6.6CH4/c1-16-18(3)22(24-12-7-5-10-20(16)24)14-9-15-23-19(4)17(2)21-11-6-8-13-25(21)23;1-5(2,3)4;2*1-2;;;;;;/h16-25H,5-15H2,1-4H3;1-4H3;2*1-2H3;6*1H4. The van der Waals surface area contributed by atoms with Crippen molar-refractivity contribution in [3.8, 4) is 0 Å². The minimum Gasteiger partial charge on any atom is -0.0776 e. The van der Waals surface area contributed by atoms with E-state index in [1.165, 1.54) is 32.1 Å². The second-order valence-corrected chi connectivity index (χ2v) is 13.9. The van der Waals surface area contributed by atoms with Gasteiger partial charge in [0.25, 0.3) is 0 Å². The van der Waals surface area contributed by atoms with Crippen molar-refractivity contribution in [2.24, 2.45) is 64.6 Å². The van der Waals surface area contributed by atoms with Crippen LogP contribution in [0.15, 0.2) is 0 Å². The van der Waals surface area contributed by atoms with E-state index in [1.54, 1.807) is 38.5 Å². The highest BCUT2D eigenvalue weighted by Crippen LogP contribution is 2.56. The SMILES string of the molecule is C.C.C.C.C.C.CC.CC.CC(C)(C)C.CC1C(C)C(CCCC2C(C)C(C)C3CCCCC32)C2CCCCC12. The predicted octanol–water partition coefficient (Wildman–Crippen LogP) is 15.5. The summed E-state index contributed by atoms with van der Waals surface area (Å²) in [4.78, 5) is 0. The van der Waals surface area contributed by atoms with Gasteiger partial charge in [-0.15, -0.1) is 0 Å². The lowest BCUT2D eigenvalue weighted by molar-refractivity contribution is 0.181. The van der Waals surface area contributed by atoms with Gasteiger partial charge in [-0.2, -0.15) is 0 Å². The number of hydrogen-bond donors (Lipinski definition) is 0. The highest BCUT2D eigenvalue weighted by Gasteiger charge is 2.48. The molecule has 4 fully saturated rings. The first-order valence-corrected chi connectivity index (χ1v) is 16.1. The molecule has 0 N–H and O–H groups in total. The summed E-state index contributed by atoms with van der Waals surface area (Å²) < 4.78 is 0. The number of fused-ring (bicyclic) bond motifs is 2. The van der Waals surface area contributed by atoms with Crippen LogP contribution in [0.1, 0.15) is 198 Å². The fourth-order valence-electron chi connectivity index (χ4n) is 8.63. The second-order valence-electron chi connectivity index (χ2n) is 13.9. The van der Waals surface area contributed by atoms with Crippen molar-refractivity contribution in [3.05, 3.63) is 0 Å². The van der Waals surface area contributed by atoms with Crippen LogP contribution < -0.4 is 0 Å². The molecule has 0 bridgehead atoms. The quantitative estimate of drug-likeness (QED) is 0.314. The van der Waals surface area contributed by atoms with E-state index in [1.807, 2.05) is 27.7 Å². The van der Waals surface area contributed by atoms with Crippen LogP contribution in [0.5, 0.6) is 0 Å². The Morgan fingerprint density at radius 1 is 0.425 bits per heavy atom. The maximum Gasteiger partial charge on any atom is -0.0352 e. The second kappa shape index (κ2) is 25.5. The number of hydrogen-bond acceptors (Lipinski definition) is 0. The van der Waals surface area contributed by atoms with Crippen LogP contribution in [0.3, 0.4) is 0 Å². The molecule has 4 saturated carbocycles. The normalized spacial score (nSPS) is 34.8. The van der Waals surface area contributed by atoms with Crippen molar-refractivity contribution in [3.63, 3.8) is 0 Å². The smallest absolute Gasteiger partial charge is 0.0352 e. The lowest BCUT2D eigenvalue weighted by Crippen LogP contribution is -2.22. The first-order chi connectivity index (χ1) is 16.1. The van der Waals surface area contributed by atoms with Gasteiger partial charge in [0.1, 0.15) is 0 Å². The predicted molar refractivity (Wildman–Crippen MR) is 197 cm³/mol. The molecule has 0 aliphatic heterocycles. The summed E-state index contributed by atoms with van der Waals surface area (Å²) in [6.07, 6.45) is 17.0. The maximum absolute atomic E-state index is 2.60. The molecule has 40 heavy (non-hydrogen) atoms. The van der Waals surface area contributed by atoms with Crippen LogP contribution in [-0.4, -0.2) is 0 Å². The zero-order valence-electron chi connectivity index (χ0n) is 26.1. The Kier molecular flexibility index (Phi) is 33.5. The summed E-state index contributed by atoms with van der Waals surface area (Å²) >= 11 is 0. The Morgan fingerprint density at radius 3 is 0.900 bits per heavy atom. The van der Waals surface area contributed by atoms with Crippen LogP contribution in [0.4, 0.5) is 0 Å². The molecule has 0 heterocycles. The molecule has 252 valence electrons. The summed E-state index contributed by atoms with van der Waals surface area (Å²) in [6.45, 7) is 27.1. The molecule has 10 atom stereocenters. The van der Waals surface area contributed by atoms with Crippen LogP contribution in [0.2, 0.25) is 0 Å². The number of rotatable bonds is 4. The van der Waals surface area contributed by atoms with E-state index in [0.717, 1.165) is 59.2 Å². The van der Waals surface area contributed by atoms with Gasteiger partial charge in [-0.1, -0.05) is 160 Å². The van der Waals surface area contributed by atoms with Crippen LogP contribution in [0.25, 0.3) is 0 Å². The third-order valence-electron chi connectivity index (χ3n) is 10.3. The van der Waals surface area contributed by atoms with Crippen LogP contribution in [0, 0.1) is 64.6 Å². The van der Waals surface area contributed by atoms with Crippen molar-refractivity contribution in [2.75, 3.05) is 0 Å². The van der Waals surface area contributed by atoms with Crippen molar-refractivity contribution in [1.29, 1.82) is 0 Å². The zero-order chi connectivity index (χ0) is 26.1. The first-order valence-electron chi connectivity index (χ1n) is 16.1. The van der Waals surface area contributed by atoms with Gasteiger partial charge in [-0.05, 0) is 103 Å². The minimum atomic E-state index is 0. The lowest BCUT2D eigenvalue weighted by atomic mass is 9.73. The topological polar surface area (TPSA) is 0 Å². The minimum absolute atomic E-state index is 0. The molecule has 4 rings (SSSR count). The Balaban J connectivity index is -0.000000173. The van der Waals surface area contributed by atoms with Crippen molar-refractivity contribution in [2.45, 2.75) is 198 Å². The molecule has 0 spiro atoms. The third-order valence-corrected chi connectivity index (χ3v) is 10.3. The molecule has 0 heteroatoms. The monoisotopic (exact) mass is 573 g/mol. The molecular weight excluding hydrogens is 480 g/mol. The van der Waals surface area contributed by atoms with E-state index in [2.05, 4.69) is 55.4 Å². The van der Waals surface area contributed by atoms with Gasteiger partial charge in [-0.25, -0.2) is 0 Å². The van der Waals surface area contributed by atoms with Gasteiger partial charge < -0.3 is 0 Å². The third kappa shape index (κ3) is 14.5. The molecule has 4 aliphatic rings. The molecule has 0 amide bonds. The largest absolute Gasteiger partial charge is 0.0776 e. The molecule has 4 aliphatic carbocycles. The summed E-state index contributed by atoms with van der Waals surface area (Å²) in [5.41, 5.74) is 0.500. The maximum atomic E-state index is 2.60. The van der Waals surface area contributed by atoms with Crippen LogP contribution in [-0.2, 0) is 0 Å². The first kappa shape index (κ1) is 52.6. The molecule has 0 radical (unpaired) electrons. The van der Waals surface area contributed by atoms with Crippen molar-refractivity contribution in [1.82, 2.24) is 0 Å². The van der Waals surface area contributed by atoms with Crippen molar-refractivity contribution >= 4 is 0 Å². The molecule has 0 saturated heterocycles. The van der Waals surface area contributed by atoms with Crippen LogP contribution >= 0.6 is 0 Å². The Morgan fingerprint density at radius 2 is 0.650 bits per heavy atom. The van der Waals surface area contributed by atoms with Gasteiger partial charge in [0, 0.05) is 0 Å². The van der Waals surface area contributed by atoms with Gasteiger partial charge in [0.2, 0.25) is 0 Å². The Hall–Kier alpha value is 0. The molecule has 0 nitrogen and oxygen atoms in total. The summed E-state index contributed by atoms with van der Waals surface area (Å²) in [7, 11) is 0. The summed E-state index contributed by atoms with van der Waals surface area (Å²) in [6, 6.07) is 0. The fourth-order valence-corrected chi connectivity index (χ4v) is 8.63. The van der Waals surface area contributed by atoms with E-state index in [9.17, 15) is 0 Å². The summed E-state index contributed by atoms with van der Waals surface area (Å²) in [5.74, 6) is 10.5. The molecular formula is C40H92. The van der Waals surface area contributed by atoms with Gasteiger partial charge in [-0.3, -0.25) is 0 Å². The molecule has 0 aromatic heterocycles. The average molecular weight is 573 g/mol. The van der Waals surface area contributed by atoms with E-state index >= 15 is 0 Å². The zero-order valence-corrected chi connectivity index (χ0v) is 26.1. The van der Waals surface area contributed by atoms with E-state index in [-0.39, 0.29) is 44.6 Å². The highest BCUT2D eigenvalue weighted by molar-refractivity contribution is 4.97. The van der Waals surface area contributed by atoms with Gasteiger partial charge in [0.15, 0.2) is 0 Å². The highest BCUT2D eigenvalue weighted by atomic mass is 14.5. The van der Waals surface area contributed by atoms with Gasteiger partial charge >= 0.3 is 0 Å². The van der Waals surface area contributed by atoms with E-state index in [4.69, 9.17) is 0 Å². The fraction of sp³-hybridized carbons (Fsp3) is 1.00. The molecule has 0 aromatic carbocycles. The Labute approximate surface area is 262 Å². The van der Waals surface area contributed by atoms with E-state index < -0.39 is 0 Å².